The summed E-state index contributed by atoms with van der Waals surface area (Å²) in [4.78, 5) is 49.2. The maximum Gasteiger partial charge on any atom is 0.262 e. The summed E-state index contributed by atoms with van der Waals surface area (Å²) in [7, 11) is 3.87. The summed E-state index contributed by atoms with van der Waals surface area (Å²) >= 11 is 1.64. The van der Waals surface area contributed by atoms with Gasteiger partial charge in [-0.25, -0.2) is 4.98 Å². The van der Waals surface area contributed by atoms with E-state index < -0.39 is 0 Å². The molecule has 0 radical (unpaired) electrons. The van der Waals surface area contributed by atoms with E-state index >= 15 is 0 Å². The van der Waals surface area contributed by atoms with E-state index in [1.54, 1.807) is 40.2 Å². The van der Waals surface area contributed by atoms with Crippen molar-refractivity contribution in [3.05, 3.63) is 62.0 Å². The zero-order valence-electron chi connectivity index (χ0n) is 17.7. The fourth-order valence-electron chi connectivity index (χ4n) is 4.56. The van der Waals surface area contributed by atoms with Gasteiger partial charge in [0.1, 0.15) is 10.7 Å². The summed E-state index contributed by atoms with van der Waals surface area (Å²) in [6, 6.07) is 6.85. The summed E-state index contributed by atoms with van der Waals surface area (Å²) in [6.45, 7) is 0.892. The Morgan fingerprint density at radius 1 is 1.00 bits per heavy atom. The van der Waals surface area contributed by atoms with E-state index in [1.165, 1.54) is 9.78 Å². The van der Waals surface area contributed by atoms with Crippen molar-refractivity contribution in [2.75, 3.05) is 20.6 Å². The van der Waals surface area contributed by atoms with E-state index in [2.05, 4.69) is 0 Å². The number of aryl methyl sites for hydroxylation is 2. The second kappa shape index (κ2) is 7.69. The van der Waals surface area contributed by atoms with Crippen molar-refractivity contribution < 1.29 is 9.59 Å². The molecule has 160 valence electrons. The van der Waals surface area contributed by atoms with Crippen molar-refractivity contribution in [1.82, 2.24) is 19.4 Å². The number of thiophene rings is 1. The normalized spacial score (nSPS) is 15.8. The molecule has 1 aromatic carbocycles. The quantitative estimate of drug-likeness (QED) is 0.575. The highest BCUT2D eigenvalue weighted by atomic mass is 32.1. The van der Waals surface area contributed by atoms with Crippen molar-refractivity contribution in [3.63, 3.8) is 0 Å². The second-order valence-corrected chi connectivity index (χ2v) is 9.50. The van der Waals surface area contributed by atoms with Gasteiger partial charge >= 0.3 is 0 Å². The number of rotatable bonds is 5. The molecule has 0 saturated carbocycles. The first-order chi connectivity index (χ1) is 15.0. The third kappa shape index (κ3) is 3.30. The van der Waals surface area contributed by atoms with Crippen LogP contribution in [0.1, 0.15) is 49.8 Å². The maximum absolute atomic E-state index is 13.6. The lowest BCUT2D eigenvalue weighted by Gasteiger charge is -2.19. The topological polar surface area (TPSA) is 75.5 Å². The smallest absolute Gasteiger partial charge is 0.262 e. The zero-order valence-corrected chi connectivity index (χ0v) is 18.5. The Morgan fingerprint density at radius 3 is 2.35 bits per heavy atom. The fraction of sp³-hybridized carbons (Fsp3) is 0.391. The first kappa shape index (κ1) is 20.1. The predicted octanol–water partition coefficient (Wildman–Crippen LogP) is 2.69. The summed E-state index contributed by atoms with van der Waals surface area (Å²) in [5.41, 5.74) is 1.94. The van der Waals surface area contributed by atoms with E-state index in [-0.39, 0.29) is 30.5 Å². The molecule has 7 nitrogen and oxygen atoms in total. The average molecular weight is 437 g/mol. The lowest BCUT2D eigenvalue weighted by molar-refractivity contribution is 0.0647. The minimum atomic E-state index is -0.301. The molecule has 3 aromatic rings. The molecule has 2 aromatic heterocycles. The lowest BCUT2D eigenvalue weighted by Crippen LogP contribution is -2.37. The van der Waals surface area contributed by atoms with Crippen LogP contribution in [-0.4, -0.2) is 51.8 Å². The standard InChI is InChI=1S/C23H24N4O3S/c1-25(2)13-18-24-20-19(16-9-5-6-10-17(16)31-20)23(30)26(18)11-12-27-21(28)14-7-3-4-8-15(14)22(27)29/h3-4,7-8H,5-6,9-13H2,1-2H3. The van der Waals surface area contributed by atoms with Crippen LogP contribution in [0.4, 0.5) is 0 Å². The van der Waals surface area contributed by atoms with Crippen LogP contribution in [0.25, 0.3) is 10.2 Å². The largest absolute Gasteiger partial charge is 0.302 e. The van der Waals surface area contributed by atoms with Crippen LogP contribution in [0.15, 0.2) is 29.1 Å². The maximum atomic E-state index is 13.6. The summed E-state index contributed by atoms with van der Waals surface area (Å²) in [5.74, 6) is 0.0622. The number of amides is 2. The zero-order chi connectivity index (χ0) is 21.7. The first-order valence-electron chi connectivity index (χ1n) is 10.6. The molecule has 0 saturated heterocycles. The molecular formula is C23H24N4O3S. The van der Waals surface area contributed by atoms with Crippen LogP contribution in [0.2, 0.25) is 0 Å². The van der Waals surface area contributed by atoms with Crippen LogP contribution in [0.5, 0.6) is 0 Å². The van der Waals surface area contributed by atoms with Gasteiger partial charge in [-0.1, -0.05) is 12.1 Å². The summed E-state index contributed by atoms with van der Waals surface area (Å²) in [6.07, 6.45) is 4.16. The van der Waals surface area contributed by atoms with E-state index in [1.807, 2.05) is 19.0 Å². The van der Waals surface area contributed by atoms with Crippen molar-refractivity contribution in [1.29, 1.82) is 0 Å². The molecule has 0 fully saturated rings. The molecule has 8 heteroatoms. The molecule has 0 N–H and O–H groups in total. The van der Waals surface area contributed by atoms with Gasteiger partial charge in [0.2, 0.25) is 0 Å². The van der Waals surface area contributed by atoms with E-state index in [0.29, 0.717) is 23.5 Å². The highest BCUT2D eigenvalue weighted by Crippen LogP contribution is 2.34. The van der Waals surface area contributed by atoms with Crippen molar-refractivity contribution in [2.24, 2.45) is 0 Å². The number of carbonyl (C=O) groups excluding carboxylic acids is 2. The molecule has 0 bridgehead atoms. The van der Waals surface area contributed by atoms with Crippen LogP contribution >= 0.6 is 11.3 Å². The van der Waals surface area contributed by atoms with Gasteiger partial charge in [-0.15, -0.1) is 11.3 Å². The number of carbonyl (C=O) groups is 2. The van der Waals surface area contributed by atoms with Crippen molar-refractivity contribution >= 4 is 33.4 Å². The number of benzene rings is 1. The van der Waals surface area contributed by atoms with Gasteiger partial charge in [-0.05, 0) is 57.5 Å². The Morgan fingerprint density at radius 2 is 1.68 bits per heavy atom. The monoisotopic (exact) mass is 436 g/mol. The Labute approximate surface area is 183 Å². The fourth-order valence-corrected chi connectivity index (χ4v) is 5.83. The molecule has 1 aliphatic heterocycles. The van der Waals surface area contributed by atoms with E-state index in [4.69, 9.17) is 4.98 Å². The predicted molar refractivity (Wildman–Crippen MR) is 120 cm³/mol. The number of imide groups is 1. The van der Waals surface area contributed by atoms with Crippen molar-refractivity contribution in [3.8, 4) is 0 Å². The van der Waals surface area contributed by atoms with Crippen LogP contribution in [0.3, 0.4) is 0 Å². The van der Waals surface area contributed by atoms with Crippen molar-refractivity contribution in [2.45, 2.75) is 38.8 Å². The average Bonchev–Trinajstić information content (AvgIpc) is 3.23. The summed E-state index contributed by atoms with van der Waals surface area (Å²) in [5, 5.41) is 0.726. The molecule has 1 aliphatic carbocycles. The third-order valence-electron chi connectivity index (χ3n) is 6.04. The summed E-state index contributed by atoms with van der Waals surface area (Å²) < 4.78 is 1.66. The molecule has 2 aliphatic rings. The Kier molecular flexibility index (Phi) is 4.98. The third-order valence-corrected chi connectivity index (χ3v) is 7.22. The molecule has 31 heavy (non-hydrogen) atoms. The number of hydrogen-bond donors (Lipinski definition) is 0. The minimum absolute atomic E-state index is 0.0575. The second-order valence-electron chi connectivity index (χ2n) is 8.42. The number of nitrogens with zero attached hydrogens (tertiary/aromatic N) is 4. The Balaban J connectivity index is 1.53. The molecule has 0 spiro atoms. The molecule has 0 unspecified atom stereocenters. The molecule has 0 atom stereocenters. The molecule has 3 heterocycles. The van der Waals surface area contributed by atoms with E-state index in [0.717, 1.165) is 41.5 Å². The molecular weight excluding hydrogens is 412 g/mol. The highest BCUT2D eigenvalue weighted by Gasteiger charge is 2.35. The first-order valence-corrected chi connectivity index (χ1v) is 11.4. The lowest BCUT2D eigenvalue weighted by atomic mass is 9.97. The SMILES string of the molecule is CN(C)Cc1nc2sc3c(c2c(=O)n1CCN1C(=O)c2ccccc2C1=O)CCCC3. The Hall–Kier alpha value is -2.84. The minimum Gasteiger partial charge on any atom is -0.302 e. The van der Waals surface area contributed by atoms with Crippen LogP contribution < -0.4 is 5.56 Å². The number of hydrogen-bond acceptors (Lipinski definition) is 6. The molecule has 5 rings (SSSR count). The van der Waals surface area contributed by atoms with Gasteiger partial charge in [0, 0.05) is 18.0 Å². The highest BCUT2D eigenvalue weighted by molar-refractivity contribution is 7.18. The number of aromatic nitrogens is 2. The van der Waals surface area contributed by atoms with E-state index in [9.17, 15) is 14.4 Å². The van der Waals surface area contributed by atoms with Gasteiger partial charge in [-0.3, -0.25) is 23.9 Å². The Bertz CT molecular complexity index is 1240. The van der Waals surface area contributed by atoms with Gasteiger partial charge in [0.05, 0.1) is 23.1 Å². The van der Waals surface area contributed by atoms with Gasteiger partial charge in [-0.2, -0.15) is 0 Å². The van der Waals surface area contributed by atoms with Gasteiger partial charge in [0.15, 0.2) is 0 Å². The molecule has 2 amide bonds. The van der Waals surface area contributed by atoms with Gasteiger partial charge < -0.3 is 4.90 Å². The van der Waals surface area contributed by atoms with Crippen LogP contribution in [0, 0.1) is 0 Å². The van der Waals surface area contributed by atoms with Crippen LogP contribution in [-0.2, 0) is 25.9 Å². The van der Waals surface area contributed by atoms with Gasteiger partial charge in [0.25, 0.3) is 17.4 Å². The number of fused-ring (bicyclic) bond motifs is 4.